The number of anilines is 1. The number of ether oxygens (including phenoxy) is 1. The Kier molecular flexibility index (Phi) is 5.63. The Morgan fingerprint density at radius 2 is 2.05 bits per heavy atom. The molecule has 1 aliphatic heterocycles. The van der Waals surface area contributed by atoms with E-state index in [1.165, 1.54) is 7.11 Å². The number of hydrogen-bond acceptors (Lipinski definition) is 4. The molecule has 0 bridgehead atoms. The van der Waals surface area contributed by atoms with Crippen molar-refractivity contribution in [3.63, 3.8) is 0 Å². The number of halogens is 1. The van der Waals surface area contributed by atoms with Gasteiger partial charge in [-0.3, -0.25) is 10.1 Å². The molecule has 1 fully saturated rings. The van der Waals surface area contributed by atoms with Crippen LogP contribution in [0.5, 0.6) is 0 Å². The van der Waals surface area contributed by atoms with Crippen LogP contribution in [-0.2, 0) is 9.53 Å². The summed E-state index contributed by atoms with van der Waals surface area (Å²) in [4.78, 5) is 26.4. The number of amides is 2. The third-order valence-electron chi connectivity index (χ3n) is 4.00. The Hall–Kier alpha value is -1.79. The first-order valence-corrected chi connectivity index (χ1v) is 7.63. The minimum atomic E-state index is -0.714. The van der Waals surface area contributed by atoms with E-state index in [0.29, 0.717) is 0 Å². The summed E-state index contributed by atoms with van der Waals surface area (Å²) in [5.41, 5.74) is 1.10. The molecule has 0 saturated carbocycles. The fourth-order valence-corrected chi connectivity index (χ4v) is 2.79. The number of quaternary nitrogens is 1. The van der Waals surface area contributed by atoms with Crippen LogP contribution >= 0.6 is 11.6 Å². The first kappa shape index (κ1) is 16.6. The summed E-state index contributed by atoms with van der Waals surface area (Å²) in [6.45, 7) is 5.14. The van der Waals surface area contributed by atoms with Crippen LogP contribution in [0.25, 0.3) is 0 Å². The summed E-state index contributed by atoms with van der Waals surface area (Å²) in [6, 6.07) is 7.47. The predicted molar refractivity (Wildman–Crippen MR) is 84.4 cm³/mol. The highest BCUT2D eigenvalue weighted by Gasteiger charge is 2.30. The van der Waals surface area contributed by atoms with Gasteiger partial charge in [0.1, 0.15) is 0 Å². The summed E-state index contributed by atoms with van der Waals surface area (Å²) in [5.74, 6) is -0.307. The Balaban J connectivity index is 1.89. The highest BCUT2D eigenvalue weighted by Crippen LogP contribution is 2.19. The van der Waals surface area contributed by atoms with Gasteiger partial charge in [-0.1, -0.05) is 17.7 Å². The fourth-order valence-electron chi connectivity index (χ4n) is 2.60. The summed E-state index contributed by atoms with van der Waals surface area (Å²) in [6.07, 6.45) is -0.714. The van der Waals surface area contributed by atoms with Crippen LogP contribution in [0, 0.1) is 0 Å². The van der Waals surface area contributed by atoms with Gasteiger partial charge in [0.05, 0.1) is 33.3 Å². The maximum Gasteiger partial charge on any atom is 0.413 e. The van der Waals surface area contributed by atoms with Crippen molar-refractivity contribution in [2.24, 2.45) is 0 Å². The number of methoxy groups -OCH3 is 1. The Morgan fingerprint density at radius 1 is 1.36 bits per heavy atom. The lowest BCUT2D eigenvalue weighted by atomic mass is 10.2. The van der Waals surface area contributed by atoms with Crippen molar-refractivity contribution >= 4 is 29.3 Å². The molecule has 7 heteroatoms. The van der Waals surface area contributed by atoms with Crippen molar-refractivity contribution < 1.29 is 19.2 Å². The molecule has 0 aliphatic carbocycles. The smallest absolute Gasteiger partial charge is 0.413 e. The number of rotatable bonds is 3. The molecular weight excluding hydrogens is 306 g/mol. The second kappa shape index (κ2) is 7.47. The largest absolute Gasteiger partial charge is 0.453 e. The van der Waals surface area contributed by atoms with Crippen LogP contribution in [0.15, 0.2) is 24.3 Å². The number of piperazine rings is 1. The zero-order chi connectivity index (χ0) is 16.1. The van der Waals surface area contributed by atoms with Gasteiger partial charge in [-0.2, -0.15) is 0 Å². The molecule has 0 unspecified atom stereocenters. The zero-order valence-electron chi connectivity index (χ0n) is 12.8. The van der Waals surface area contributed by atoms with Crippen molar-refractivity contribution in [2.75, 3.05) is 38.2 Å². The number of nitrogens with one attached hydrogen (secondary N) is 2. The summed E-state index contributed by atoms with van der Waals surface area (Å²) in [5, 5.41) is 2.95. The van der Waals surface area contributed by atoms with Crippen LogP contribution in [0.3, 0.4) is 0 Å². The van der Waals surface area contributed by atoms with Crippen molar-refractivity contribution in [1.29, 1.82) is 0 Å². The van der Waals surface area contributed by atoms with E-state index in [0.717, 1.165) is 41.8 Å². The van der Waals surface area contributed by atoms with Crippen LogP contribution in [0.2, 0.25) is 5.02 Å². The minimum absolute atomic E-state index is 0.291. The third kappa shape index (κ3) is 4.11. The van der Waals surface area contributed by atoms with Gasteiger partial charge in [0, 0.05) is 10.7 Å². The van der Waals surface area contributed by atoms with Crippen LogP contribution in [0.4, 0.5) is 10.5 Å². The van der Waals surface area contributed by atoms with Gasteiger partial charge in [-0.15, -0.1) is 0 Å². The third-order valence-corrected chi connectivity index (χ3v) is 4.23. The summed E-state index contributed by atoms with van der Waals surface area (Å²) < 4.78 is 4.44. The van der Waals surface area contributed by atoms with Crippen molar-refractivity contribution in [1.82, 2.24) is 5.32 Å². The van der Waals surface area contributed by atoms with Gasteiger partial charge in [0.25, 0.3) is 5.91 Å². The molecule has 1 atom stereocenters. The molecular formula is C15H21ClN3O3+. The van der Waals surface area contributed by atoms with Gasteiger partial charge >= 0.3 is 6.09 Å². The van der Waals surface area contributed by atoms with E-state index in [-0.39, 0.29) is 11.9 Å². The lowest BCUT2D eigenvalue weighted by Gasteiger charge is -2.35. The van der Waals surface area contributed by atoms with Gasteiger partial charge in [-0.05, 0) is 25.1 Å². The van der Waals surface area contributed by atoms with E-state index in [4.69, 9.17) is 11.6 Å². The molecule has 120 valence electrons. The Morgan fingerprint density at radius 3 is 2.64 bits per heavy atom. The molecule has 1 heterocycles. The van der Waals surface area contributed by atoms with E-state index in [2.05, 4.69) is 15.0 Å². The Bertz CT molecular complexity index is 545. The van der Waals surface area contributed by atoms with E-state index >= 15 is 0 Å². The molecule has 22 heavy (non-hydrogen) atoms. The number of hydrogen-bond donors (Lipinski definition) is 2. The summed E-state index contributed by atoms with van der Waals surface area (Å²) in [7, 11) is 1.24. The van der Waals surface area contributed by atoms with Crippen molar-refractivity contribution in [3.05, 3.63) is 29.3 Å². The molecule has 2 rings (SSSR count). The maximum atomic E-state index is 11.9. The first-order chi connectivity index (χ1) is 10.5. The summed E-state index contributed by atoms with van der Waals surface area (Å²) >= 11 is 6.02. The van der Waals surface area contributed by atoms with Crippen molar-refractivity contribution in [2.45, 2.75) is 13.0 Å². The average molecular weight is 327 g/mol. The number of carbonyl (C=O) groups is 2. The number of benzene rings is 1. The fraction of sp³-hybridized carbons (Fsp3) is 0.467. The first-order valence-electron chi connectivity index (χ1n) is 7.25. The number of alkyl carbamates (subject to hydrolysis) is 1. The van der Waals surface area contributed by atoms with Gasteiger partial charge in [-0.25, -0.2) is 4.79 Å². The highest BCUT2D eigenvalue weighted by atomic mass is 35.5. The average Bonchev–Trinajstić information content (AvgIpc) is 2.54. The van der Waals surface area contributed by atoms with E-state index in [1.807, 2.05) is 31.2 Å². The SMILES string of the molecule is COC(=O)NC(=O)[C@@H](C)[NH+]1CCN(c2cccc(Cl)c2)CC1. The van der Waals surface area contributed by atoms with Gasteiger partial charge < -0.3 is 14.5 Å². The molecule has 1 aromatic carbocycles. The topological polar surface area (TPSA) is 63.1 Å². The number of carbonyl (C=O) groups excluding carboxylic acids is 2. The quantitative estimate of drug-likeness (QED) is 0.839. The highest BCUT2D eigenvalue weighted by molar-refractivity contribution is 6.30. The van der Waals surface area contributed by atoms with Crippen molar-refractivity contribution in [3.8, 4) is 0 Å². The van der Waals surface area contributed by atoms with E-state index in [1.54, 1.807) is 0 Å². The molecule has 0 radical (unpaired) electrons. The van der Waals surface area contributed by atoms with Crippen LogP contribution in [-0.4, -0.2) is 51.3 Å². The van der Waals surface area contributed by atoms with Crippen LogP contribution in [0.1, 0.15) is 6.92 Å². The predicted octanol–water partition coefficient (Wildman–Crippen LogP) is 0.316. The standard InChI is InChI=1S/C15H20ClN3O3/c1-11(14(20)17-15(21)22-2)18-6-8-19(9-7-18)13-5-3-4-12(16)10-13/h3-5,10-11H,6-9H2,1-2H3,(H,17,20,21)/p+1/t11-/m1/s1. The second-order valence-corrected chi connectivity index (χ2v) is 5.76. The van der Waals surface area contributed by atoms with E-state index in [9.17, 15) is 9.59 Å². The maximum absolute atomic E-state index is 11.9. The molecule has 1 saturated heterocycles. The lowest BCUT2D eigenvalue weighted by Crippen LogP contribution is -3.19. The molecule has 0 aromatic heterocycles. The Labute approximate surface area is 135 Å². The molecule has 2 amide bonds. The molecule has 2 N–H and O–H groups in total. The van der Waals surface area contributed by atoms with Gasteiger partial charge in [0.15, 0.2) is 6.04 Å². The normalized spacial score (nSPS) is 17.0. The number of imide groups is 1. The number of nitrogens with zero attached hydrogens (tertiary/aromatic N) is 1. The van der Waals surface area contributed by atoms with Gasteiger partial charge in [0.2, 0.25) is 0 Å². The lowest BCUT2D eigenvalue weighted by molar-refractivity contribution is -0.914. The van der Waals surface area contributed by atoms with Crippen LogP contribution < -0.4 is 15.1 Å². The monoisotopic (exact) mass is 326 g/mol. The molecule has 1 aromatic rings. The molecule has 1 aliphatic rings. The zero-order valence-corrected chi connectivity index (χ0v) is 13.5. The molecule has 0 spiro atoms. The van der Waals surface area contributed by atoms with E-state index < -0.39 is 6.09 Å². The molecule has 6 nitrogen and oxygen atoms in total. The minimum Gasteiger partial charge on any atom is -0.453 e. The second-order valence-electron chi connectivity index (χ2n) is 5.33.